The number of carbonyl (C=O) groups excluding carboxylic acids is 2. The Morgan fingerprint density at radius 3 is 2.60 bits per heavy atom. The molecule has 7 heteroatoms. The van der Waals surface area contributed by atoms with E-state index in [1.54, 1.807) is 6.92 Å². The van der Waals surface area contributed by atoms with Gasteiger partial charge in [-0.05, 0) is 26.2 Å². The third kappa shape index (κ3) is 4.42. The third-order valence-corrected chi connectivity index (χ3v) is 3.79. The van der Waals surface area contributed by atoms with Crippen molar-refractivity contribution in [2.45, 2.75) is 32.6 Å². The van der Waals surface area contributed by atoms with Crippen molar-refractivity contribution in [3.63, 3.8) is 0 Å². The molecule has 0 aliphatic carbocycles. The fourth-order valence-corrected chi connectivity index (χ4v) is 2.44. The van der Waals surface area contributed by atoms with Gasteiger partial charge in [-0.1, -0.05) is 12.2 Å². The van der Waals surface area contributed by atoms with Crippen molar-refractivity contribution < 1.29 is 19.1 Å². The lowest BCUT2D eigenvalue weighted by Gasteiger charge is -2.34. The minimum Gasteiger partial charge on any atom is -0.466 e. The van der Waals surface area contributed by atoms with Crippen LogP contribution in [0.5, 0.6) is 0 Å². The first-order valence-electron chi connectivity index (χ1n) is 6.84. The lowest BCUT2D eigenvalue weighted by Crippen LogP contribution is -2.52. The van der Waals surface area contributed by atoms with E-state index in [-0.39, 0.29) is 23.3 Å². The predicted molar refractivity (Wildman–Crippen MR) is 78.1 cm³/mol. The number of amides is 1. The summed E-state index contributed by atoms with van der Waals surface area (Å²) >= 11 is 5.05. The second-order valence-corrected chi connectivity index (χ2v) is 5.16. The van der Waals surface area contributed by atoms with Gasteiger partial charge in [0, 0.05) is 26.2 Å². The molecule has 1 fully saturated rings. The molecule has 20 heavy (non-hydrogen) atoms. The molecule has 1 aliphatic heterocycles. The van der Waals surface area contributed by atoms with Gasteiger partial charge in [0.15, 0.2) is 0 Å². The molecular weight excluding hydrogens is 280 g/mol. The van der Waals surface area contributed by atoms with E-state index in [0.717, 1.165) is 0 Å². The molecule has 3 N–H and O–H groups in total. The monoisotopic (exact) mass is 302 g/mol. The number of thiocarbonyl (C=S) groups is 1. The maximum Gasteiger partial charge on any atom is 0.305 e. The van der Waals surface area contributed by atoms with Gasteiger partial charge < -0.3 is 20.5 Å². The van der Waals surface area contributed by atoms with Crippen molar-refractivity contribution in [3.05, 3.63) is 0 Å². The highest BCUT2D eigenvalue weighted by molar-refractivity contribution is 7.80. The van der Waals surface area contributed by atoms with Gasteiger partial charge in [-0.2, -0.15) is 0 Å². The van der Waals surface area contributed by atoms with E-state index in [0.29, 0.717) is 45.6 Å². The molecule has 0 aromatic heterocycles. The minimum absolute atomic E-state index is 0.169. The zero-order chi connectivity index (χ0) is 15.0. The van der Waals surface area contributed by atoms with Gasteiger partial charge in [-0.25, -0.2) is 0 Å². The first kappa shape index (κ1) is 16.8. The quantitative estimate of drug-likeness (QED) is 0.405. The number of esters is 1. The van der Waals surface area contributed by atoms with Crippen LogP contribution in [0.2, 0.25) is 0 Å². The maximum absolute atomic E-state index is 12.3. The Bertz CT molecular complexity index is 367. The molecule has 1 rings (SSSR count). The van der Waals surface area contributed by atoms with Gasteiger partial charge in [-0.15, -0.1) is 0 Å². The Kier molecular flexibility index (Phi) is 6.87. The zero-order valence-corrected chi connectivity index (χ0v) is 12.6. The first-order valence-corrected chi connectivity index (χ1v) is 7.25. The highest BCUT2D eigenvalue weighted by Crippen LogP contribution is 2.31. The van der Waals surface area contributed by atoms with Gasteiger partial charge in [0.25, 0.3) is 0 Å². The molecule has 0 unspecified atom stereocenters. The van der Waals surface area contributed by atoms with Crippen LogP contribution in [0.3, 0.4) is 0 Å². The largest absolute Gasteiger partial charge is 0.466 e. The third-order valence-electron chi connectivity index (χ3n) is 3.40. The normalized spacial score (nSPS) is 17.2. The van der Waals surface area contributed by atoms with Gasteiger partial charge in [0.05, 0.1) is 11.6 Å². The summed E-state index contributed by atoms with van der Waals surface area (Å²) in [4.78, 5) is 23.7. The van der Waals surface area contributed by atoms with E-state index in [4.69, 9.17) is 27.4 Å². The molecule has 0 radical (unpaired) electrons. The van der Waals surface area contributed by atoms with E-state index < -0.39 is 5.41 Å². The minimum atomic E-state index is -0.808. The van der Waals surface area contributed by atoms with E-state index in [2.05, 4.69) is 5.32 Å². The molecule has 114 valence electrons. The Balaban J connectivity index is 2.40. The molecular formula is C13H22N2O4S. The smallest absolute Gasteiger partial charge is 0.305 e. The fraction of sp³-hybridized carbons (Fsp3) is 0.769. The average Bonchev–Trinajstić information content (AvgIpc) is 2.44. The summed E-state index contributed by atoms with van der Waals surface area (Å²) in [5.41, 5.74) is 4.93. The van der Waals surface area contributed by atoms with Gasteiger partial charge >= 0.3 is 5.97 Å². The molecule has 0 aromatic rings. The second kappa shape index (κ2) is 8.16. The van der Waals surface area contributed by atoms with Crippen LogP contribution in [0.15, 0.2) is 0 Å². The van der Waals surface area contributed by atoms with Crippen molar-refractivity contribution in [2.24, 2.45) is 11.1 Å². The summed E-state index contributed by atoms with van der Waals surface area (Å²) in [7, 11) is 0. The van der Waals surface area contributed by atoms with E-state index in [1.807, 2.05) is 0 Å². The Morgan fingerprint density at radius 2 is 2.05 bits per heavy atom. The molecule has 0 bridgehead atoms. The molecule has 0 saturated carbocycles. The van der Waals surface area contributed by atoms with Crippen molar-refractivity contribution in [1.82, 2.24) is 5.32 Å². The Hall–Kier alpha value is -1.21. The standard InChI is InChI=1S/C13H22N2O4S/c1-2-19-10(16)4-3-7-15-12(17)13(11(14)20)5-8-18-9-6-13/h2-9H2,1H3,(H2,14,20)(H,15,17). The molecule has 1 aliphatic rings. The molecule has 1 heterocycles. The number of hydrogen-bond donors (Lipinski definition) is 2. The van der Waals surface area contributed by atoms with Crippen molar-refractivity contribution >= 4 is 29.1 Å². The predicted octanol–water partition coefficient (Wildman–Crippen LogP) is 0.529. The molecule has 0 atom stereocenters. The van der Waals surface area contributed by atoms with Gasteiger partial charge in [0.2, 0.25) is 5.91 Å². The maximum atomic E-state index is 12.3. The average molecular weight is 302 g/mol. The van der Waals surface area contributed by atoms with Crippen molar-refractivity contribution in [3.8, 4) is 0 Å². The van der Waals surface area contributed by atoms with E-state index in [9.17, 15) is 9.59 Å². The van der Waals surface area contributed by atoms with E-state index >= 15 is 0 Å². The van der Waals surface area contributed by atoms with Gasteiger partial charge in [-0.3, -0.25) is 9.59 Å². The van der Waals surface area contributed by atoms with Crippen molar-refractivity contribution in [2.75, 3.05) is 26.4 Å². The fourth-order valence-electron chi connectivity index (χ4n) is 2.14. The molecule has 0 spiro atoms. The number of nitrogens with two attached hydrogens (primary N) is 1. The summed E-state index contributed by atoms with van der Waals surface area (Å²) < 4.78 is 10.1. The summed E-state index contributed by atoms with van der Waals surface area (Å²) in [6, 6.07) is 0. The van der Waals surface area contributed by atoms with Crippen LogP contribution in [0, 0.1) is 5.41 Å². The highest BCUT2D eigenvalue weighted by atomic mass is 32.1. The Labute approximate surface area is 124 Å². The van der Waals surface area contributed by atoms with Crippen LogP contribution in [0.25, 0.3) is 0 Å². The first-order chi connectivity index (χ1) is 9.53. The Morgan fingerprint density at radius 1 is 1.40 bits per heavy atom. The summed E-state index contributed by atoms with van der Waals surface area (Å²) in [6.45, 7) is 3.50. The SMILES string of the molecule is CCOC(=O)CCCNC(=O)C1(C(N)=S)CCOCC1. The van der Waals surface area contributed by atoms with Crippen molar-refractivity contribution in [1.29, 1.82) is 0 Å². The van der Waals surface area contributed by atoms with Gasteiger partial charge in [0.1, 0.15) is 5.41 Å². The molecule has 0 aromatic carbocycles. The summed E-state index contributed by atoms with van der Waals surface area (Å²) in [5.74, 6) is -0.422. The molecule has 1 saturated heterocycles. The lowest BCUT2D eigenvalue weighted by molar-refractivity contribution is -0.143. The number of carbonyl (C=O) groups is 2. The highest BCUT2D eigenvalue weighted by Gasteiger charge is 2.42. The van der Waals surface area contributed by atoms with Crippen LogP contribution in [-0.2, 0) is 19.1 Å². The van der Waals surface area contributed by atoms with E-state index in [1.165, 1.54) is 0 Å². The summed E-state index contributed by atoms with van der Waals surface area (Å²) in [5, 5.41) is 2.80. The lowest BCUT2D eigenvalue weighted by atomic mass is 9.79. The second-order valence-electron chi connectivity index (χ2n) is 4.72. The summed E-state index contributed by atoms with van der Waals surface area (Å²) in [6.07, 6.45) is 1.84. The number of nitrogens with one attached hydrogen (secondary N) is 1. The molecule has 1 amide bonds. The van der Waals surface area contributed by atoms with Crippen LogP contribution in [-0.4, -0.2) is 43.2 Å². The number of rotatable bonds is 7. The van der Waals surface area contributed by atoms with Crippen LogP contribution in [0.1, 0.15) is 32.6 Å². The van der Waals surface area contributed by atoms with Crippen LogP contribution in [0.4, 0.5) is 0 Å². The van der Waals surface area contributed by atoms with Crippen LogP contribution < -0.4 is 11.1 Å². The zero-order valence-electron chi connectivity index (χ0n) is 11.8. The number of hydrogen-bond acceptors (Lipinski definition) is 5. The number of ether oxygens (including phenoxy) is 2. The topological polar surface area (TPSA) is 90.7 Å². The molecule has 6 nitrogen and oxygen atoms in total. The van der Waals surface area contributed by atoms with Crippen LogP contribution >= 0.6 is 12.2 Å².